The first-order valence-corrected chi connectivity index (χ1v) is 4.45. The summed E-state index contributed by atoms with van der Waals surface area (Å²) in [5, 5.41) is 8.38. The zero-order valence-corrected chi connectivity index (χ0v) is 6.92. The van der Waals surface area contributed by atoms with Crippen molar-refractivity contribution in [2.75, 3.05) is 0 Å². The lowest BCUT2D eigenvalue weighted by Crippen LogP contribution is -2.27. The molecule has 0 heterocycles. The van der Waals surface area contributed by atoms with Crippen LogP contribution in [0.1, 0.15) is 38.5 Å². The van der Waals surface area contributed by atoms with E-state index < -0.39 is 0 Å². The first kappa shape index (κ1) is 8.55. The molecule has 1 saturated carbocycles. The molecule has 1 rings (SSSR count). The van der Waals surface area contributed by atoms with Gasteiger partial charge in [-0.05, 0) is 25.2 Å². The Balaban J connectivity index is 2.18. The Morgan fingerprint density at radius 1 is 1.45 bits per heavy atom. The quantitative estimate of drug-likeness (QED) is 0.656. The zero-order valence-electron chi connectivity index (χ0n) is 6.92. The predicted molar refractivity (Wildman–Crippen MR) is 44.8 cm³/mol. The highest BCUT2D eigenvalue weighted by Gasteiger charge is 2.18. The van der Waals surface area contributed by atoms with E-state index in [4.69, 9.17) is 11.0 Å². The van der Waals surface area contributed by atoms with E-state index in [0.29, 0.717) is 12.5 Å². The van der Waals surface area contributed by atoms with Crippen molar-refractivity contribution < 1.29 is 0 Å². The highest BCUT2D eigenvalue weighted by atomic mass is 14.6. The molecule has 0 radical (unpaired) electrons. The summed E-state index contributed by atoms with van der Waals surface area (Å²) in [7, 11) is 0. The van der Waals surface area contributed by atoms with Crippen LogP contribution in [-0.4, -0.2) is 6.04 Å². The molecule has 2 N–H and O–H groups in total. The summed E-state index contributed by atoms with van der Waals surface area (Å²) in [6, 6.07) is 2.60. The van der Waals surface area contributed by atoms with Crippen LogP contribution in [0, 0.1) is 17.2 Å². The average Bonchev–Trinajstić information content (AvgIpc) is 2.01. The van der Waals surface area contributed by atoms with Gasteiger partial charge in [0.15, 0.2) is 0 Å². The van der Waals surface area contributed by atoms with Crippen molar-refractivity contribution in [1.29, 1.82) is 5.26 Å². The largest absolute Gasteiger partial charge is 0.328 e. The normalized spacial score (nSPS) is 31.3. The molecule has 1 aliphatic carbocycles. The zero-order chi connectivity index (χ0) is 8.10. The highest BCUT2D eigenvalue weighted by Crippen LogP contribution is 2.26. The fourth-order valence-corrected chi connectivity index (χ4v) is 1.86. The Morgan fingerprint density at radius 2 is 2.27 bits per heavy atom. The van der Waals surface area contributed by atoms with E-state index in [2.05, 4.69) is 6.07 Å². The second-order valence-corrected chi connectivity index (χ2v) is 3.49. The average molecular weight is 152 g/mol. The van der Waals surface area contributed by atoms with Gasteiger partial charge >= 0.3 is 0 Å². The van der Waals surface area contributed by atoms with Gasteiger partial charge in [-0.2, -0.15) is 5.26 Å². The number of hydrogen-bond acceptors (Lipinski definition) is 2. The van der Waals surface area contributed by atoms with Crippen LogP contribution in [0.4, 0.5) is 0 Å². The maximum absolute atomic E-state index is 8.38. The van der Waals surface area contributed by atoms with Crippen molar-refractivity contribution in [2.45, 2.75) is 44.6 Å². The summed E-state index contributed by atoms with van der Waals surface area (Å²) in [5.74, 6) is 0.735. The maximum atomic E-state index is 8.38. The summed E-state index contributed by atoms with van der Waals surface area (Å²) in [4.78, 5) is 0. The Labute approximate surface area is 68.4 Å². The number of nitriles is 1. The Morgan fingerprint density at radius 3 is 2.91 bits per heavy atom. The molecule has 1 fully saturated rings. The lowest BCUT2D eigenvalue weighted by molar-refractivity contribution is 0.309. The number of nitrogens with zero attached hydrogens (tertiary/aromatic N) is 1. The molecule has 0 aliphatic heterocycles. The first-order valence-electron chi connectivity index (χ1n) is 4.45. The van der Waals surface area contributed by atoms with Gasteiger partial charge in [-0.25, -0.2) is 0 Å². The highest BCUT2D eigenvalue weighted by molar-refractivity contribution is 4.78. The van der Waals surface area contributed by atoms with Gasteiger partial charge in [-0.15, -0.1) is 0 Å². The lowest BCUT2D eigenvalue weighted by atomic mass is 9.84. The van der Waals surface area contributed by atoms with Crippen LogP contribution in [0.3, 0.4) is 0 Å². The third-order valence-corrected chi connectivity index (χ3v) is 2.49. The van der Waals surface area contributed by atoms with Crippen LogP contribution in [0.15, 0.2) is 0 Å². The van der Waals surface area contributed by atoms with Crippen LogP contribution in [0.5, 0.6) is 0 Å². The topological polar surface area (TPSA) is 49.8 Å². The molecule has 0 amide bonds. The molecule has 0 aromatic carbocycles. The molecule has 1 aliphatic rings. The molecule has 2 heteroatoms. The maximum Gasteiger partial charge on any atom is 0.0621 e. The molecule has 2 unspecified atom stereocenters. The van der Waals surface area contributed by atoms with E-state index in [1.165, 1.54) is 19.3 Å². The van der Waals surface area contributed by atoms with E-state index in [1.807, 2.05) is 0 Å². The molecule has 2 atom stereocenters. The smallest absolute Gasteiger partial charge is 0.0621 e. The van der Waals surface area contributed by atoms with Crippen LogP contribution in [-0.2, 0) is 0 Å². The molecular weight excluding hydrogens is 136 g/mol. The number of hydrogen-bond donors (Lipinski definition) is 1. The molecule has 0 aromatic rings. The predicted octanol–water partition coefficient (Wildman–Crippen LogP) is 1.81. The van der Waals surface area contributed by atoms with E-state index in [-0.39, 0.29) is 0 Å². The standard InChI is InChI=1S/C9H16N2/c10-6-2-4-8-3-1-5-9(11)7-8/h8-9H,1-5,7,11H2. The number of nitrogens with two attached hydrogens (primary N) is 1. The third-order valence-electron chi connectivity index (χ3n) is 2.49. The number of rotatable bonds is 2. The minimum Gasteiger partial charge on any atom is -0.328 e. The third kappa shape index (κ3) is 2.90. The Hall–Kier alpha value is -0.550. The fraction of sp³-hybridized carbons (Fsp3) is 0.889. The second-order valence-electron chi connectivity index (χ2n) is 3.49. The SMILES string of the molecule is N#CCCC1CCCC(N)C1. The molecule has 0 spiro atoms. The van der Waals surface area contributed by atoms with Crippen LogP contribution in [0.2, 0.25) is 0 Å². The van der Waals surface area contributed by atoms with Crippen LogP contribution >= 0.6 is 0 Å². The van der Waals surface area contributed by atoms with Crippen molar-refractivity contribution in [3.8, 4) is 6.07 Å². The monoisotopic (exact) mass is 152 g/mol. The summed E-state index contributed by atoms with van der Waals surface area (Å²) < 4.78 is 0. The summed E-state index contributed by atoms with van der Waals surface area (Å²) in [6.07, 6.45) is 6.64. The van der Waals surface area contributed by atoms with E-state index in [1.54, 1.807) is 0 Å². The van der Waals surface area contributed by atoms with Gasteiger partial charge in [0, 0.05) is 12.5 Å². The van der Waals surface area contributed by atoms with Crippen molar-refractivity contribution in [1.82, 2.24) is 0 Å². The molecule has 2 nitrogen and oxygen atoms in total. The van der Waals surface area contributed by atoms with E-state index >= 15 is 0 Å². The van der Waals surface area contributed by atoms with Crippen LogP contribution < -0.4 is 5.73 Å². The molecule has 11 heavy (non-hydrogen) atoms. The molecule has 0 bridgehead atoms. The van der Waals surface area contributed by atoms with Gasteiger partial charge in [-0.3, -0.25) is 0 Å². The summed E-state index contributed by atoms with van der Waals surface area (Å²) >= 11 is 0. The van der Waals surface area contributed by atoms with Gasteiger partial charge in [-0.1, -0.05) is 12.8 Å². The van der Waals surface area contributed by atoms with Gasteiger partial charge in [0.2, 0.25) is 0 Å². The molecule has 62 valence electrons. The van der Waals surface area contributed by atoms with Gasteiger partial charge in [0.05, 0.1) is 6.07 Å². The van der Waals surface area contributed by atoms with Crippen molar-refractivity contribution >= 4 is 0 Å². The summed E-state index contributed by atoms with van der Waals surface area (Å²) in [6.45, 7) is 0. The minimum absolute atomic E-state index is 0.410. The lowest BCUT2D eigenvalue weighted by Gasteiger charge is -2.25. The van der Waals surface area contributed by atoms with Gasteiger partial charge in [0.25, 0.3) is 0 Å². The van der Waals surface area contributed by atoms with E-state index in [9.17, 15) is 0 Å². The molecular formula is C9H16N2. The van der Waals surface area contributed by atoms with Crippen LogP contribution in [0.25, 0.3) is 0 Å². The molecule has 0 saturated heterocycles. The van der Waals surface area contributed by atoms with Gasteiger partial charge < -0.3 is 5.73 Å². The fourth-order valence-electron chi connectivity index (χ4n) is 1.86. The van der Waals surface area contributed by atoms with Gasteiger partial charge in [0.1, 0.15) is 0 Å². The van der Waals surface area contributed by atoms with Crippen molar-refractivity contribution in [3.05, 3.63) is 0 Å². The minimum atomic E-state index is 0.410. The van der Waals surface area contributed by atoms with E-state index in [0.717, 1.165) is 18.8 Å². The summed E-state index contributed by atoms with van der Waals surface area (Å²) in [5.41, 5.74) is 5.81. The van der Waals surface area contributed by atoms with Crippen molar-refractivity contribution in [2.24, 2.45) is 11.7 Å². The second kappa shape index (κ2) is 4.35. The molecule has 0 aromatic heterocycles. The van der Waals surface area contributed by atoms with Crippen molar-refractivity contribution in [3.63, 3.8) is 0 Å². The Kier molecular flexibility index (Phi) is 3.38. The Bertz CT molecular complexity index is 148. The first-order chi connectivity index (χ1) is 5.33.